The molecule has 0 atom stereocenters. The van der Waals surface area contributed by atoms with Crippen LogP contribution in [0.2, 0.25) is 0 Å². The SMILES string of the molecule is O=C(COC(=O)c1ccc(COCC(F)(F)F)cc1)Nc1cc(F)cc(F)c1. The van der Waals surface area contributed by atoms with Crippen LogP contribution in [0.4, 0.5) is 27.6 Å². The maximum Gasteiger partial charge on any atom is 0.411 e. The van der Waals surface area contributed by atoms with Crippen LogP contribution in [0.5, 0.6) is 0 Å². The molecule has 1 N–H and O–H groups in total. The van der Waals surface area contributed by atoms with Crippen molar-refractivity contribution in [3.63, 3.8) is 0 Å². The van der Waals surface area contributed by atoms with Crippen LogP contribution in [0.25, 0.3) is 0 Å². The third kappa shape index (κ3) is 7.31. The molecule has 150 valence electrons. The summed E-state index contributed by atoms with van der Waals surface area (Å²) in [6.07, 6.45) is -4.43. The summed E-state index contributed by atoms with van der Waals surface area (Å²) < 4.78 is 71.3. The Morgan fingerprint density at radius 1 is 0.964 bits per heavy atom. The monoisotopic (exact) mass is 403 g/mol. The quantitative estimate of drug-likeness (QED) is 0.564. The van der Waals surface area contributed by atoms with E-state index >= 15 is 0 Å². The van der Waals surface area contributed by atoms with Crippen molar-refractivity contribution in [3.8, 4) is 0 Å². The van der Waals surface area contributed by atoms with E-state index in [4.69, 9.17) is 4.74 Å². The van der Waals surface area contributed by atoms with Gasteiger partial charge in [-0.2, -0.15) is 13.2 Å². The summed E-state index contributed by atoms with van der Waals surface area (Å²) in [7, 11) is 0. The lowest BCUT2D eigenvalue weighted by atomic mass is 10.1. The van der Waals surface area contributed by atoms with E-state index in [0.29, 0.717) is 11.6 Å². The number of benzene rings is 2. The summed E-state index contributed by atoms with van der Waals surface area (Å²) in [5, 5.41) is 2.17. The number of halogens is 5. The molecule has 0 aliphatic carbocycles. The number of ether oxygens (including phenoxy) is 2. The highest BCUT2D eigenvalue weighted by atomic mass is 19.4. The molecule has 0 saturated carbocycles. The Bertz CT molecular complexity index is 817. The second kappa shape index (κ2) is 9.27. The minimum absolute atomic E-state index is 0.0594. The molecule has 0 fully saturated rings. The molecule has 0 spiro atoms. The first-order valence-corrected chi connectivity index (χ1v) is 7.79. The van der Waals surface area contributed by atoms with Crippen molar-refractivity contribution in [1.29, 1.82) is 0 Å². The van der Waals surface area contributed by atoms with Gasteiger partial charge < -0.3 is 14.8 Å². The molecule has 2 rings (SSSR count). The minimum Gasteiger partial charge on any atom is -0.452 e. The number of carbonyl (C=O) groups excluding carboxylic acids is 2. The summed E-state index contributed by atoms with van der Waals surface area (Å²) in [6, 6.07) is 7.77. The zero-order valence-corrected chi connectivity index (χ0v) is 14.2. The first-order valence-electron chi connectivity index (χ1n) is 7.79. The topological polar surface area (TPSA) is 64.6 Å². The summed E-state index contributed by atoms with van der Waals surface area (Å²) in [4.78, 5) is 23.5. The molecule has 0 radical (unpaired) electrons. The standard InChI is InChI=1S/C18H14F5NO4/c19-13-5-14(20)7-15(6-13)24-16(25)9-28-17(26)12-3-1-11(2-4-12)8-27-10-18(21,22)23/h1-7H,8-10H2,(H,24,25). The fourth-order valence-electron chi connectivity index (χ4n) is 2.06. The third-order valence-corrected chi connectivity index (χ3v) is 3.20. The summed E-state index contributed by atoms with van der Waals surface area (Å²) in [5.74, 6) is -3.43. The van der Waals surface area contributed by atoms with Crippen LogP contribution in [0.1, 0.15) is 15.9 Å². The number of alkyl halides is 3. The van der Waals surface area contributed by atoms with Gasteiger partial charge in [0.25, 0.3) is 5.91 Å². The number of carbonyl (C=O) groups is 2. The van der Waals surface area contributed by atoms with Gasteiger partial charge in [-0.3, -0.25) is 4.79 Å². The van der Waals surface area contributed by atoms with Gasteiger partial charge in [0.05, 0.1) is 12.2 Å². The Balaban J connectivity index is 1.81. The molecule has 2 aromatic rings. The lowest BCUT2D eigenvalue weighted by Crippen LogP contribution is -2.21. The molecule has 0 aliphatic heterocycles. The van der Waals surface area contributed by atoms with E-state index in [0.717, 1.165) is 12.1 Å². The zero-order valence-electron chi connectivity index (χ0n) is 14.2. The van der Waals surface area contributed by atoms with Gasteiger partial charge in [-0.25, -0.2) is 13.6 Å². The fourth-order valence-corrected chi connectivity index (χ4v) is 2.06. The van der Waals surface area contributed by atoms with Crippen LogP contribution in [-0.2, 0) is 20.9 Å². The summed E-state index contributed by atoms with van der Waals surface area (Å²) >= 11 is 0. The van der Waals surface area contributed by atoms with Crippen LogP contribution in [0, 0.1) is 11.6 Å². The highest BCUT2D eigenvalue weighted by Crippen LogP contribution is 2.16. The van der Waals surface area contributed by atoms with E-state index in [1.807, 2.05) is 0 Å². The van der Waals surface area contributed by atoms with E-state index in [9.17, 15) is 31.5 Å². The lowest BCUT2D eigenvalue weighted by Gasteiger charge is -2.09. The van der Waals surface area contributed by atoms with Gasteiger partial charge in [0, 0.05) is 11.8 Å². The number of hydrogen-bond donors (Lipinski definition) is 1. The Kier molecular flexibility index (Phi) is 7.05. The molecule has 2 aromatic carbocycles. The van der Waals surface area contributed by atoms with Crippen LogP contribution >= 0.6 is 0 Å². The van der Waals surface area contributed by atoms with Crippen molar-refractivity contribution in [2.24, 2.45) is 0 Å². The number of hydrogen-bond acceptors (Lipinski definition) is 4. The molecule has 5 nitrogen and oxygen atoms in total. The predicted octanol–water partition coefficient (Wildman–Crippen LogP) is 3.84. The molecule has 0 saturated heterocycles. The Morgan fingerprint density at radius 2 is 1.57 bits per heavy atom. The summed E-state index contributed by atoms with van der Waals surface area (Å²) in [5.41, 5.74) is 0.331. The predicted molar refractivity (Wildman–Crippen MR) is 87.4 cm³/mol. The molecule has 0 aromatic heterocycles. The van der Waals surface area contributed by atoms with Gasteiger partial charge in [-0.05, 0) is 29.8 Å². The van der Waals surface area contributed by atoms with Gasteiger partial charge in [-0.15, -0.1) is 0 Å². The molecule has 1 amide bonds. The van der Waals surface area contributed by atoms with Gasteiger partial charge in [0.15, 0.2) is 6.61 Å². The molecule has 10 heteroatoms. The van der Waals surface area contributed by atoms with Crippen molar-refractivity contribution in [2.75, 3.05) is 18.5 Å². The summed E-state index contributed by atoms with van der Waals surface area (Å²) in [6.45, 7) is -2.38. The lowest BCUT2D eigenvalue weighted by molar-refractivity contribution is -0.176. The van der Waals surface area contributed by atoms with Crippen molar-refractivity contribution in [1.82, 2.24) is 0 Å². The van der Waals surface area contributed by atoms with Crippen molar-refractivity contribution < 1.29 is 41.0 Å². The van der Waals surface area contributed by atoms with Crippen molar-refractivity contribution in [2.45, 2.75) is 12.8 Å². The average molecular weight is 403 g/mol. The third-order valence-electron chi connectivity index (χ3n) is 3.20. The van der Waals surface area contributed by atoms with Crippen LogP contribution in [-0.4, -0.2) is 31.3 Å². The van der Waals surface area contributed by atoms with Gasteiger partial charge in [0.1, 0.15) is 18.2 Å². The molecule has 0 bridgehead atoms. The van der Waals surface area contributed by atoms with E-state index in [1.54, 1.807) is 0 Å². The van der Waals surface area contributed by atoms with Crippen LogP contribution in [0.3, 0.4) is 0 Å². The normalized spacial score (nSPS) is 11.2. The molecular weight excluding hydrogens is 389 g/mol. The van der Waals surface area contributed by atoms with Crippen LogP contribution in [0.15, 0.2) is 42.5 Å². The van der Waals surface area contributed by atoms with E-state index in [2.05, 4.69) is 10.1 Å². The van der Waals surface area contributed by atoms with Crippen molar-refractivity contribution in [3.05, 3.63) is 65.2 Å². The number of rotatable bonds is 7. The second-order valence-corrected chi connectivity index (χ2v) is 5.59. The molecule has 0 heterocycles. The Labute approximate surface area is 156 Å². The number of nitrogens with one attached hydrogen (secondary N) is 1. The van der Waals surface area contributed by atoms with Gasteiger partial charge >= 0.3 is 12.1 Å². The first-order chi connectivity index (χ1) is 13.1. The van der Waals surface area contributed by atoms with Gasteiger partial charge in [-0.1, -0.05) is 12.1 Å². The first kappa shape index (κ1) is 21.3. The maximum atomic E-state index is 13.0. The number of esters is 1. The second-order valence-electron chi connectivity index (χ2n) is 5.59. The van der Waals surface area contributed by atoms with Crippen molar-refractivity contribution >= 4 is 17.6 Å². The zero-order chi connectivity index (χ0) is 20.7. The Hall–Kier alpha value is -3.01. The Morgan fingerprint density at radius 3 is 2.14 bits per heavy atom. The maximum absolute atomic E-state index is 13.0. The molecule has 0 unspecified atom stereocenters. The smallest absolute Gasteiger partial charge is 0.411 e. The largest absolute Gasteiger partial charge is 0.452 e. The van der Waals surface area contributed by atoms with Crippen LogP contribution < -0.4 is 5.32 Å². The number of amides is 1. The highest BCUT2D eigenvalue weighted by molar-refractivity contribution is 5.95. The van der Waals surface area contributed by atoms with E-state index in [-0.39, 0.29) is 17.9 Å². The average Bonchev–Trinajstić information content (AvgIpc) is 2.58. The molecule has 28 heavy (non-hydrogen) atoms. The number of anilines is 1. The highest BCUT2D eigenvalue weighted by Gasteiger charge is 2.27. The molecule has 0 aliphatic rings. The minimum atomic E-state index is -4.43. The fraction of sp³-hybridized carbons (Fsp3) is 0.222. The van der Waals surface area contributed by atoms with E-state index in [1.165, 1.54) is 24.3 Å². The van der Waals surface area contributed by atoms with E-state index < -0.39 is 42.9 Å². The van der Waals surface area contributed by atoms with Gasteiger partial charge in [0.2, 0.25) is 0 Å². The molecular formula is C18H14F5NO4.